The zero-order valence-corrected chi connectivity index (χ0v) is 11.8. The van der Waals surface area contributed by atoms with Crippen molar-refractivity contribution in [3.8, 4) is 0 Å². The van der Waals surface area contributed by atoms with Gasteiger partial charge in [0.2, 0.25) is 0 Å². The molecule has 2 unspecified atom stereocenters. The first-order valence-corrected chi connectivity index (χ1v) is 7.19. The number of nitrogens with two attached hydrogens (primary N) is 1. The summed E-state index contributed by atoms with van der Waals surface area (Å²) >= 11 is 0. The number of fused-ring (bicyclic) bond motifs is 1. The van der Waals surface area contributed by atoms with E-state index in [-0.39, 0.29) is 0 Å². The van der Waals surface area contributed by atoms with Gasteiger partial charge in [0.1, 0.15) is 0 Å². The maximum atomic E-state index is 5.82. The lowest BCUT2D eigenvalue weighted by Gasteiger charge is -2.21. The lowest BCUT2D eigenvalue weighted by molar-refractivity contribution is 0.256. The lowest BCUT2D eigenvalue weighted by Crippen LogP contribution is -2.27. The Kier molecular flexibility index (Phi) is 3.33. The quantitative estimate of drug-likeness (QED) is 0.888. The van der Waals surface area contributed by atoms with Crippen LogP contribution in [0.4, 0.5) is 0 Å². The monoisotopic (exact) mass is 257 g/mol. The van der Waals surface area contributed by atoms with Gasteiger partial charge >= 0.3 is 0 Å². The Bertz CT molecular complexity index is 572. The minimum absolute atomic E-state index is 0.640. The van der Waals surface area contributed by atoms with Crippen LogP contribution in [-0.4, -0.2) is 29.0 Å². The molecule has 1 saturated heterocycles. The molecule has 3 N–H and O–H groups in total. The predicted molar refractivity (Wildman–Crippen MR) is 80.1 cm³/mol. The van der Waals surface area contributed by atoms with Gasteiger partial charge in [-0.25, -0.2) is 0 Å². The molecular weight excluding hydrogens is 234 g/mol. The molecule has 3 nitrogen and oxygen atoms in total. The Morgan fingerprint density at radius 3 is 2.89 bits per heavy atom. The largest absolute Gasteiger partial charge is 0.358 e. The number of hydrogen-bond donors (Lipinski definition) is 2. The molecule has 19 heavy (non-hydrogen) atoms. The van der Waals surface area contributed by atoms with Gasteiger partial charge in [-0.15, -0.1) is 0 Å². The summed E-state index contributed by atoms with van der Waals surface area (Å²) in [6.07, 6.45) is 1.23. The number of aromatic amines is 1. The van der Waals surface area contributed by atoms with Gasteiger partial charge in [-0.1, -0.05) is 18.2 Å². The smallest absolute Gasteiger partial charge is 0.0459 e. The van der Waals surface area contributed by atoms with Gasteiger partial charge in [0.05, 0.1) is 0 Å². The summed E-state index contributed by atoms with van der Waals surface area (Å²) in [5.41, 5.74) is 9.81. The van der Waals surface area contributed by atoms with E-state index in [2.05, 4.69) is 48.0 Å². The highest BCUT2D eigenvalue weighted by Gasteiger charge is 2.28. The van der Waals surface area contributed by atoms with Crippen LogP contribution >= 0.6 is 0 Å². The fourth-order valence-electron chi connectivity index (χ4n) is 3.35. The number of aryl methyl sites for hydroxylation is 1. The van der Waals surface area contributed by atoms with Crippen molar-refractivity contribution >= 4 is 10.9 Å². The first-order valence-electron chi connectivity index (χ1n) is 7.19. The number of H-pyrrole nitrogens is 1. The standard InChI is InChI=1S/C16H23N3/c1-11-7-13(8-17)9-19(11)10-15-12(2)18-16-6-4-3-5-14(15)16/h3-6,11,13,18H,7-10,17H2,1-2H3. The summed E-state index contributed by atoms with van der Waals surface area (Å²) in [6, 6.07) is 9.22. The Morgan fingerprint density at radius 2 is 2.16 bits per heavy atom. The molecule has 102 valence electrons. The molecule has 0 aliphatic carbocycles. The number of benzene rings is 1. The maximum absolute atomic E-state index is 5.82. The van der Waals surface area contributed by atoms with Crippen LogP contribution in [0.2, 0.25) is 0 Å². The van der Waals surface area contributed by atoms with Crippen molar-refractivity contribution in [1.82, 2.24) is 9.88 Å². The summed E-state index contributed by atoms with van der Waals surface area (Å²) in [5, 5.41) is 1.36. The van der Waals surface area contributed by atoms with Gasteiger partial charge in [0, 0.05) is 35.7 Å². The molecule has 0 amide bonds. The second-order valence-electron chi connectivity index (χ2n) is 5.89. The number of aromatic nitrogens is 1. The van der Waals surface area contributed by atoms with Crippen molar-refractivity contribution in [1.29, 1.82) is 0 Å². The summed E-state index contributed by atoms with van der Waals surface area (Å²) in [6.45, 7) is 7.48. The highest BCUT2D eigenvalue weighted by atomic mass is 15.2. The number of nitrogens with zero attached hydrogens (tertiary/aromatic N) is 1. The fourth-order valence-corrected chi connectivity index (χ4v) is 3.35. The van der Waals surface area contributed by atoms with Gasteiger partial charge in [0.15, 0.2) is 0 Å². The third-order valence-corrected chi connectivity index (χ3v) is 4.51. The fraction of sp³-hybridized carbons (Fsp3) is 0.500. The molecule has 1 aromatic heterocycles. The molecule has 1 aliphatic rings. The van der Waals surface area contributed by atoms with Crippen LogP contribution in [-0.2, 0) is 6.54 Å². The summed E-state index contributed by atoms with van der Waals surface area (Å²) in [7, 11) is 0. The average molecular weight is 257 g/mol. The van der Waals surface area contributed by atoms with Crippen molar-refractivity contribution in [2.45, 2.75) is 32.9 Å². The van der Waals surface area contributed by atoms with Crippen molar-refractivity contribution in [2.24, 2.45) is 11.7 Å². The zero-order valence-electron chi connectivity index (χ0n) is 11.8. The highest BCUT2D eigenvalue weighted by Crippen LogP contribution is 2.28. The summed E-state index contributed by atoms with van der Waals surface area (Å²) in [4.78, 5) is 6.06. The van der Waals surface area contributed by atoms with Crippen molar-refractivity contribution in [2.75, 3.05) is 13.1 Å². The second-order valence-corrected chi connectivity index (χ2v) is 5.89. The minimum Gasteiger partial charge on any atom is -0.358 e. The Labute approximate surface area is 114 Å². The SMILES string of the molecule is Cc1[nH]c2ccccc2c1CN1CC(CN)CC1C. The van der Waals surface area contributed by atoms with E-state index in [1.165, 1.54) is 28.6 Å². The number of likely N-dealkylation sites (tertiary alicyclic amines) is 1. The normalized spacial score (nSPS) is 24.4. The first kappa shape index (κ1) is 12.7. The van der Waals surface area contributed by atoms with Crippen LogP contribution in [0.25, 0.3) is 10.9 Å². The van der Waals surface area contributed by atoms with Gasteiger partial charge in [-0.2, -0.15) is 0 Å². The molecule has 2 heterocycles. The van der Waals surface area contributed by atoms with Gasteiger partial charge in [-0.05, 0) is 44.4 Å². The van der Waals surface area contributed by atoms with E-state index in [9.17, 15) is 0 Å². The lowest BCUT2D eigenvalue weighted by atomic mass is 10.1. The van der Waals surface area contributed by atoms with Gasteiger partial charge in [0.25, 0.3) is 0 Å². The maximum Gasteiger partial charge on any atom is 0.0459 e. The van der Waals surface area contributed by atoms with Crippen LogP contribution in [0, 0.1) is 12.8 Å². The van der Waals surface area contributed by atoms with Crippen LogP contribution in [0.1, 0.15) is 24.6 Å². The molecular formula is C16H23N3. The van der Waals surface area contributed by atoms with Crippen LogP contribution in [0.15, 0.2) is 24.3 Å². The van der Waals surface area contributed by atoms with Crippen LogP contribution < -0.4 is 5.73 Å². The predicted octanol–water partition coefficient (Wildman–Crippen LogP) is 2.65. The van der Waals surface area contributed by atoms with E-state index in [0.717, 1.165) is 19.6 Å². The molecule has 2 aromatic rings. The molecule has 3 heteroatoms. The third-order valence-electron chi connectivity index (χ3n) is 4.51. The van der Waals surface area contributed by atoms with E-state index >= 15 is 0 Å². The second kappa shape index (κ2) is 4.99. The van der Waals surface area contributed by atoms with E-state index in [1.54, 1.807) is 0 Å². The Balaban J connectivity index is 1.87. The van der Waals surface area contributed by atoms with E-state index in [1.807, 2.05) is 0 Å². The molecule has 2 atom stereocenters. The molecule has 0 saturated carbocycles. The average Bonchev–Trinajstić information content (AvgIpc) is 2.92. The Hall–Kier alpha value is -1.32. The molecule has 1 fully saturated rings. The molecule has 1 aromatic carbocycles. The highest BCUT2D eigenvalue weighted by molar-refractivity contribution is 5.84. The number of hydrogen-bond acceptors (Lipinski definition) is 2. The minimum atomic E-state index is 0.640. The van der Waals surface area contributed by atoms with E-state index in [4.69, 9.17) is 5.73 Å². The van der Waals surface area contributed by atoms with E-state index in [0.29, 0.717) is 12.0 Å². The molecule has 0 radical (unpaired) electrons. The summed E-state index contributed by atoms with van der Waals surface area (Å²) < 4.78 is 0. The molecule has 0 bridgehead atoms. The Morgan fingerprint density at radius 1 is 1.37 bits per heavy atom. The number of rotatable bonds is 3. The number of para-hydroxylation sites is 1. The topological polar surface area (TPSA) is 45.0 Å². The zero-order chi connectivity index (χ0) is 13.4. The van der Waals surface area contributed by atoms with Gasteiger partial charge in [-0.3, -0.25) is 4.90 Å². The molecule has 0 spiro atoms. The van der Waals surface area contributed by atoms with Gasteiger partial charge < -0.3 is 10.7 Å². The first-order chi connectivity index (χ1) is 9.19. The third kappa shape index (κ3) is 2.28. The van der Waals surface area contributed by atoms with Crippen molar-refractivity contribution in [3.05, 3.63) is 35.5 Å². The van der Waals surface area contributed by atoms with Crippen LogP contribution in [0.5, 0.6) is 0 Å². The van der Waals surface area contributed by atoms with Crippen LogP contribution in [0.3, 0.4) is 0 Å². The van der Waals surface area contributed by atoms with E-state index < -0.39 is 0 Å². The summed E-state index contributed by atoms with van der Waals surface area (Å²) in [5.74, 6) is 0.667. The van der Waals surface area contributed by atoms with Crippen molar-refractivity contribution in [3.63, 3.8) is 0 Å². The molecule has 1 aliphatic heterocycles. The molecule has 3 rings (SSSR count). The number of nitrogens with one attached hydrogen (secondary N) is 1. The van der Waals surface area contributed by atoms with Crippen molar-refractivity contribution < 1.29 is 0 Å².